The Kier molecular flexibility index (Phi) is 3.72. The van der Waals surface area contributed by atoms with Crippen LogP contribution >= 0.6 is 0 Å². The molecule has 2 N–H and O–H groups in total. The Balaban J connectivity index is 1.75. The van der Waals surface area contributed by atoms with Crippen LogP contribution in [0.25, 0.3) is 27.9 Å². The Morgan fingerprint density at radius 3 is 2.80 bits per heavy atom. The average molecular weight is 334 g/mol. The molecule has 1 aliphatic heterocycles. The maximum Gasteiger partial charge on any atom is 0.219 e. The summed E-state index contributed by atoms with van der Waals surface area (Å²) in [6, 6.07) is 9.04. The summed E-state index contributed by atoms with van der Waals surface area (Å²) < 4.78 is 0. The molecule has 3 aromatic rings. The molecule has 0 saturated heterocycles. The zero-order chi connectivity index (χ0) is 17.4. The number of para-hydroxylation sites is 1. The Hall–Kier alpha value is -3.15. The molecule has 6 heteroatoms. The standard InChI is InChI=1S/C19H18N4O2/c1-12(24)23-8-6-13(7-9-23)16-11-20-19-15(16)10-17(21-22-19)14-4-2-3-5-18(14)25/h2-6,10-11,25H,7-9H2,1H3,(H,20,22). The van der Waals surface area contributed by atoms with Crippen LogP contribution in [0.3, 0.4) is 0 Å². The highest BCUT2D eigenvalue weighted by Crippen LogP contribution is 2.32. The van der Waals surface area contributed by atoms with Gasteiger partial charge in [-0.3, -0.25) is 4.79 Å². The van der Waals surface area contributed by atoms with Crippen molar-refractivity contribution in [3.05, 3.63) is 48.2 Å². The molecule has 0 atom stereocenters. The van der Waals surface area contributed by atoms with E-state index < -0.39 is 0 Å². The van der Waals surface area contributed by atoms with Crippen molar-refractivity contribution in [2.45, 2.75) is 13.3 Å². The fourth-order valence-corrected chi connectivity index (χ4v) is 3.21. The van der Waals surface area contributed by atoms with Gasteiger partial charge in [-0.05, 0) is 30.2 Å². The van der Waals surface area contributed by atoms with Gasteiger partial charge in [0.2, 0.25) is 5.91 Å². The summed E-state index contributed by atoms with van der Waals surface area (Å²) in [4.78, 5) is 16.5. The highest BCUT2D eigenvalue weighted by molar-refractivity contribution is 5.93. The molecule has 1 aliphatic rings. The van der Waals surface area contributed by atoms with Crippen LogP contribution in [0.4, 0.5) is 0 Å². The number of aromatic hydroxyl groups is 1. The van der Waals surface area contributed by atoms with E-state index in [1.807, 2.05) is 29.3 Å². The number of fused-ring (bicyclic) bond motifs is 1. The van der Waals surface area contributed by atoms with Crippen LogP contribution in [0, 0.1) is 0 Å². The number of nitrogens with zero attached hydrogens (tertiary/aromatic N) is 3. The number of rotatable bonds is 2. The molecule has 4 rings (SSSR count). The van der Waals surface area contributed by atoms with Crippen molar-refractivity contribution in [2.24, 2.45) is 0 Å². The van der Waals surface area contributed by atoms with Crippen molar-refractivity contribution in [2.75, 3.05) is 13.1 Å². The Bertz CT molecular complexity index is 990. The van der Waals surface area contributed by atoms with Gasteiger partial charge in [-0.25, -0.2) is 0 Å². The number of nitrogens with one attached hydrogen (secondary N) is 1. The smallest absolute Gasteiger partial charge is 0.219 e. The van der Waals surface area contributed by atoms with E-state index in [1.165, 1.54) is 5.57 Å². The molecular formula is C19H18N4O2. The van der Waals surface area contributed by atoms with Crippen molar-refractivity contribution >= 4 is 22.5 Å². The third-order valence-electron chi connectivity index (χ3n) is 4.62. The van der Waals surface area contributed by atoms with E-state index in [4.69, 9.17) is 0 Å². The summed E-state index contributed by atoms with van der Waals surface area (Å²) >= 11 is 0. The molecule has 0 saturated carbocycles. The van der Waals surface area contributed by atoms with E-state index in [1.54, 1.807) is 19.1 Å². The molecule has 25 heavy (non-hydrogen) atoms. The summed E-state index contributed by atoms with van der Waals surface area (Å²) in [7, 11) is 0. The number of hydrogen-bond acceptors (Lipinski definition) is 4. The van der Waals surface area contributed by atoms with Crippen molar-refractivity contribution in [1.29, 1.82) is 0 Å². The topological polar surface area (TPSA) is 82.1 Å². The number of carbonyl (C=O) groups excluding carboxylic acids is 1. The van der Waals surface area contributed by atoms with E-state index in [0.29, 0.717) is 23.4 Å². The minimum atomic E-state index is 0.0990. The van der Waals surface area contributed by atoms with Crippen molar-refractivity contribution in [3.63, 3.8) is 0 Å². The van der Waals surface area contributed by atoms with Gasteiger partial charge in [0, 0.05) is 42.7 Å². The molecule has 0 spiro atoms. The minimum Gasteiger partial charge on any atom is -0.507 e. The molecule has 126 valence electrons. The summed E-state index contributed by atoms with van der Waals surface area (Å²) in [5.41, 5.74) is 4.27. The number of aromatic nitrogens is 3. The fraction of sp³-hybridized carbons (Fsp3) is 0.211. The van der Waals surface area contributed by atoms with E-state index >= 15 is 0 Å². The SMILES string of the molecule is CC(=O)N1CC=C(c2c[nH]c3nnc(-c4ccccc4O)cc23)CC1. The molecule has 6 nitrogen and oxygen atoms in total. The lowest BCUT2D eigenvalue weighted by Gasteiger charge is -2.25. The second-order valence-corrected chi connectivity index (χ2v) is 6.16. The van der Waals surface area contributed by atoms with Crippen LogP contribution in [-0.4, -0.2) is 44.2 Å². The first-order chi connectivity index (χ1) is 12.1. The summed E-state index contributed by atoms with van der Waals surface area (Å²) in [6.45, 7) is 2.94. The van der Waals surface area contributed by atoms with Crippen LogP contribution in [0.2, 0.25) is 0 Å². The van der Waals surface area contributed by atoms with Crippen molar-refractivity contribution < 1.29 is 9.90 Å². The highest BCUT2D eigenvalue weighted by Gasteiger charge is 2.18. The van der Waals surface area contributed by atoms with Crippen LogP contribution < -0.4 is 0 Å². The van der Waals surface area contributed by atoms with Gasteiger partial charge in [0.1, 0.15) is 5.75 Å². The first-order valence-corrected chi connectivity index (χ1v) is 8.21. The zero-order valence-electron chi connectivity index (χ0n) is 13.9. The van der Waals surface area contributed by atoms with Gasteiger partial charge in [-0.2, -0.15) is 0 Å². The number of amides is 1. The van der Waals surface area contributed by atoms with Crippen molar-refractivity contribution in [3.8, 4) is 17.0 Å². The second kappa shape index (κ2) is 6.05. The third kappa shape index (κ3) is 2.76. The van der Waals surface area contributed by atoms with E-state index in [9.17, 15) is 9.90 Å². The summed E-state index contributed by atoms with van der Waals surface area (Å²) in [6.07, 6.45) is 4.83. The van der Waals surface area contributed by atoms with Crippen LogP contribution in [0.5, 0.6) is 5.75 Å². The van der Waals surface area contributed by atoms with Crippen LogP contribution in [0.1, 0.15) is 18.9 Å². The monoisotopic (exact) mass is 334 g/mol. The first kappa shape index (κ1) is 15.4. The number of carbonyl (C=O) groups is 1. The number of phenols is 1. The number of aromatic amines is 1. The molecule has 1 amide bonds. The number of hydrogen-bond donors (Lipinski definition) is 2. The van der Waals surface area contributed by atoms with Crippen LogP contribution in [-0.2, 0) is 4.79 Å². The molecule has 3 heterocycles. The lowest BCUT2D eigenvalue weighted by atomic mass is 9.99. The Morgan fingerprint density at radius 1 is 1.24 bits per heavy atom. The highest BCUT2D eigenvalue weighted by atomic mass is 16.3. The summed E-state index contributed by atoms with van der Waals surface area (Å²) in [5, 5.41) is 19.5. The van der Waals surface area contributed by atoms with Gasteiger partial charge in [-0.1, -0.05) is 18.2 Å². The zero-order valence-corrected chi connectivity index (χ0v) is 13.9. The lowest BCUT2D eigenvalue weighted by Crippen LogP contribution is -2.32. The van der Waals surface area contributed by atoms with Gasteiger partial charge in [0.05, 0.1) is 5.69 Å². The maximum atomic E-state index is 11.5. The molecule has 0 radical (unpaired) electrons. The Morgan fingerprint density at radius 2 is 2.08 bits per heavy atom. The number of H-pyrrole nitrogens is 1. The lowest BCUT2D eigenvalue weighted by molar-refractivity contribution is -0.128. The van der Waals surface area contributed by atoms with Gasteiger partial charge in [-0.15, -0.1) is 10.2 Å². The second-order valence-electron chi connectivity index (χ2n) is 6.16. The predicted molar refractivity (Wildman–Crippen MR) is 95.8 cm³/mol. The molecule has 0 fully saturated rings. The molecule has 0 bridgehead atoms. The van der Waals surface area contributed by atoms with E-state index in [0.717, 1.165) is 23.9 Å². The van der Waals surface area contributed by atoms with Gasteiger partial charge in [0.15, 0.2) is 5.65 Å². The van der Waals surface area contributed by atoms with Crippen LogP contribution in [0.15, 0.2) is 42.6 Å². The van der Waals surface area contributed by atoms with E-state index in [2.05, 4.69) is 21.3 Å². The van der Waals surface area contributed by atoms with E-state index in [-0.39, 0.29) is 11.7 Å². The average Bonchev–Trinajstić information content (AvgIpc) is 3.05. The minimum absolute atomic E-state index is 0.0990. The maximum absolute atomic E-state index is 11.5. The molecule has 0 unspecified atom stereocenters. The van der Waals surface area contributed by atoms with Gasteiger partial charge >= 0.3 is 0 Å². The van der Waals surface area contributed by atoms with Gasteiger partial charge in [0.25, 0.3) is 0 Å². The quantitative estimate of drug-likeness (QED) is 0.755. The molecular weight excluding hydrogens is 316 g/mol. The first-order valence-electron chi connectivity index (χ1n) is 8.21. The largest absolute Gasteiger partial charge is 0.507 e. The number of benzene rings is 1. The molecule has 1 aromatic carbocycles. The van der Waals surface area contributed by atoms with Crippen molar-refractivity contribution in [1.82, 2.24) is 20.1 Å². The third-order valence-corrected chi connectivity index (χ3v) is 4.62. The number of phenolic OH excluding ortho intramolecular Hbond substituents is 1. The molecule has 2 aromatic heterocycles. The predicted octanol–water partition coefficient (Wildman–Crippen LogP) is 2.97. The summed E-state index contributed by atoms with van der Waals surface area (Å²) in [5.74, 6) is 0.282. The fourth-order valence-electron chi connectivity index (χ4n) is 3.21. The normalized spacial score (nSPS) is 14.6. The Labute approximate surface area is 144 Å². The molecule has 0 aliphatic carbocycles. The van der Waals surface area contributed by atoms with Gasteiger partial charge < -0.3 is 15.0 Å².